The third-order valence-electron chi connectivity index (χ3n) is 3.32. The summed E-state index contributed by atoms with van der Waals surface area (Å²) >= 11 is 0. The Kier molecular flexibility index (Phi) is 4.55. The van der Waals surface area contributed by atoms with Crippen molar-refractivity contribution in [2.75, 3.05) is 7.11 Å². The highest BCUT2D eigenvalue weighted by atomic mass is 16.5. The Labute approximate surface area is 114 Å². The van der Waals surface area contributed by atoms with Crippen molar-refractivity contribution in [3.8, 4) is 11.8 Å². The molecule has 1 N–H and O–H groups in total. The molecule has 102 valence electrons. The van der Waals surface area contributed by atoms with Crippen molar-refractivity contribution in [3.63, 3.8) is 0 Å². The quantitative estimate of drug-likeness (QED) is 0.905. The van der Waals surface area contributed by atoms with Crippen molar-refractivity contribution in [2.45, 2.75) is 39.7 Å². The average molecular weight is 260 g/mol. The Morgan fingerprint density at radius 3 is 2.53 bits per heavy atom. The number of nitriles is 1. The number of methoxy groups -OCH3 is 1. The van der Waals surface area contributed by atoms with Crippen molar-refractivity contribution in [2.24, 2.45) is 0 Å². The summed E-state index contributed by atoms with van der Waals surface area (Å²) in [5.74, 6) is 0.570. The molecule has 4 nitrogen and oxygen atoms in total. The lowest BCUT2D eigenvalue weighted by molar-refractivity contribution is -0.121. The Morgan fingerprint density at radius 1 is 1.37 bits per heavy atom. The molecule has 4 heteroatoms. The van der Waals surface area contributed by atoms with Gasteiger partial charge < -0.3 is 10.1 Å². The zero-order valence-electron chi connectivity index (χ0n) is 12.1. The van der Waals surface area contributed by atoms with Crippen molar-refractivity contribution < 1.29 is 9.53 Å². The zero-order valence-corrected chi connectivity index (χ0v) is 12.1. The summed E-state index contributed by atoms with van der Waals surface area (Å²) in [4.78, 5) is 11.6. The number of nitrogens with one attached hydrogen (secondary N) is 1. The van der Waals surface area contributed by atoms with Crippen LogP contribution in [-0.4, -0.2) is 13.0 Å². The second-order valence-corrected chi connectivity index (χ2v) is 5.07. The van der Waals surface area contributed by atoms with Crippen molar-refractivity contribution in [1.29, 1.82) is 5.26 Å². The number of carbonyl (C=O) groups excluding carboxylic acids is 1. The van der Waals surface area contributed by atoms with Crippen LogP contribution >= 0.6 is 0 Å². The number of nitrogens with zero attached hydrogens (tertiary/aromatic N) is 1. The molecule has 1 aromatic carbocycles. The number of rotatable bonds is 4. The summed E-state index contributed by atoms with van der Waals surface area (Å²) < 4.78 is 5.28. The first-order chi connectivity index (χ1) is 8.83. The maximum atomic E-state index is 11.6. The fraction of sp³-hybridized carbons (Fsp3) is 0.467. The van der Waals surface area contributed by atoms with Gasteiger partial charge >= 0.3 is 0 Å². The van der Waals surface area contributed by atoms with Gasteiger partial charge in [0.25, 0.3) is 0 Å². The zero-order chi connectivity index (χ0) is 14.6. The predicted octanol–water partition coefficient (Wildman–Crippen LogP) is 2.58. The normalized spacial score (nSPS) is 10.7. The van der Waals surface area contributed by atoms with Crippen LogP contribution in [0.1, 0.15) is 37.0 Å². The van der Waals surface area contributed by atoms with Gasteiger partial charge in [-0.2, -0.15) is 5.26 Å². The molecule has 0 aliphatic heterocycles. The molecule has 0 fully saturated rings. The molecule has 0 radical (unpaired) electrons. The van der Waals surface area contributed by atoms with E-state index in [0.717, 1.165) is 22.4 Å². The predicted molar refractivity (Wildman–Crippen MR) is 73.9 cm³/mol. The van der Waals surface area contributed by atoms with Gasteiger partial charge in [-0.3, -0.25) is 4.79 Å². The number of hydrogen-bond acceptors (Lipinski definition) is 3. The molecule has 0 heterocycles. The molecule has 0 atom stereocenters. The molecule has 19 heavy (non-hydrogen) atoms. The summed E-state index contributed by atoms with van der Waals surface area (Å²) in [5, 5.41) is 11.4. The minimum Gasteiger partial charge on any atom is -0.496 e. The minimum absolute atomic E-state index is 0.127. The monoisotopic (exact) mass is 260 g/mol. The first-order valence-corrected chi connectivity index (χ1v) is 6.16. The summed E-state index contributed by atoms with van der Waals surface area (Å²) in [6, 6.07) is 5.70. The van der Waals surface area contributed by atoms with Gasteiger partial charge in [-0.15, -0.1) is 0 Å². The fourth-order valence-electron chi connectivity index (χ4n) is 2.23. The van der Waals surface area contributed by atoms with E-state index in [9.17, 15) is 4.79 Å². The summed E-state index contributed by atoms with van der Waals surface area (Å²) in [6.45, 7) is 7.85. The van der Waals surface area contributed by atoms with E-state index >= 15 is 0 Å². The minimum atomic E-state index is -0.519. The smallest absolute Gasteiger partial charge is 0.234 e. The maximum Gasteiger partial charge on any atom is 0.234 e. The molecule has 0 bridgehead atoms. The van der Waals surface area contributed by atoms with Gasteiger partial charge in [-0.1, -0.05) is 6.07 Å². The highest BCUT2D eigenvalue weighted by molar-refractivity contribution is 5.79. The van der Waals surface area contributed by atoms with E-state index in [1.165, 1.54) is 0 Å². The van der Waals surface area contributed by atoms with Crippen LogP contribution in [0.2, 0.25) is 0 Å². The van der Waals surface area contributed by atoms with E-state index in [0.29, 0.717) is 0 Å². The van der Waals surface area contributed by atoms with Crippen molar-refractivity contribution in [3.05, 3.63) is 28.8 Å². The topological polar surface area (TPSA) is 62.1 Å². The molecule has 0 unspecified atom stereocenters. The third-order valence-corrected chi connectivity index (χ3v) is 3.32. The highest BCUT2D eigenvalue weighted by Gasteiger charge is 2.25. The summed E-state index contributed by atoms with van der Waals surface area (Å²) in [6.07, 6.45) is -0.127. The summed E-state index contributed by atoms with van der Waals surface area (Å²) in [5.41, 5.74) is 2.65. The first-order valence-electron chi connectivity index (χ1n) is 6.16. The Balaban J connectivity index is 3.12. The molecular formula is C15H20N2O2. The molecule has 1 amide bonds. The lowest BCUT2D eigenvalue weighted by Crippen LogP contribution is -2.41. The molecule has 0 aromatic heterocycles. The standard InChI is InChI=1S/C15H20N2O2/c1-10-11(2)13(19-5)7-6-12(10)15(3,4)17-14(18)8-9-16/h6-7H,8H2,1-5H3,(H,17,18). The van der Waals surface area contributed by atoms with Gasteiger partial charge in [0.1, 0.15) is 12.2 Å². The number of benzene rings is 1. The van der Waals surface area contributed by atoms with Crippen LogP contribution in [-0.2, 0) is 10.3 Å². The molecule has 1 rings (SSSR count). The van der Waals surface area contributed by atoms with Gasteiger partial charge in [0, 0.05) is 0 Å². The van der Waals surface area contributed by atoms with Crippen LogP contribution in [0.3, 0.4) is 0 Å². The number of hydrogen-bond donors (Lipinski definition) is 1. The average Bonchev–Trinajstić information content (AvgIpc) is 2.31. The van der Waals surface area contributed by atoms with Crippen LogP contribution in [0.5, 0.6) is 5.75 Å². The number of ether oxygens (including phenoxy) is 1. The number of carbonyl (C=O) groups is 1. The van der Waals surface area contributed by atoms with Gasteiger partial charge in [-0.25, -0.2) is 0 Å². The second kappa shape index (κ2) is 5.75. The third kappa shape index (κ3) is 3.25. The van der Waals surface area contributed by atoms with E-state index in [1.54, 1.807) is 7.11 Å². The Bertz CT molecular complexity index is 528. The lowest BCUT2D eigenvalue weighted by Gasteiger charge is -2.29. The van der Waals surface area contributed by atoms with Crippen LogP contribution in [0, 0.1) is 25.2 Å². The van der Waals surface area contributed by atoms with Gasteiger partial charge in [0.2, 0.25) is 5.91 Å². The largest absolute Gasteiger partial charge is 0.496 e. The maximum absolute atomic E-state index is 11.6. The first kappa shape index (κ1) is 15.0. The molecule has 0 aliphatic carbocycles. The van der Waals surface area contributed by atoms with E-state index in [-0.39, 0.29) is 12.3 Å². The SMILES string of the molecule is COc1ccc(C(C)(C)NC(=O)CC#N)c(C)c1C. The molecule has 1 aromatic rings. The highest BCUT2D eigenvalue weighted by Crippen LogP contribution is 2.30. The van der Waals surface area contributed by atoms with Crippen LogP contribution in [0.15, 0.2) is 12.1 Å². The van der Waals surface area contributed by atoms with E-state index in [4.69, 9.17) is 10.00 Å². The fourth-order valence-corrected chi connectivity index (χ4v) is 2.23. The van der Waals surface area contributed by atoms with E-state index < -0.39 is 5.54 Å². The molecule has 0 saturated carbocycles. The van der Waals surface area contributed by atoms with E-state index in [1.807, 2.05) is 45.9 Å². The Hall–Kier alpha value is -2.02. The van der Waals surface area contributed by atoms with Gasteiger partial charge in [-0.05, 0) is 50.5 Å². The molecule has 0 aliphatic rings. The second-order valence-electron chi connectivity index (χ2n) is 5.07. The van der Waals surface area contributed by atoms with Crippen molar-refractivity contribution >= 4 is 5.91 Å². The van der Waals surface area contributed by atoms with Crippen molar-refractivity contribution in [1.82, 2.24) is 5.32 Å². The molecule has 0 spiro atoms. The summed E-state index contributed by atoms with van der Waals surface area (Å²) in [7, 11) is 1.64. The van der Waals surface area contributed by atoms with Gasteiger partial charge in [0.05, 0.1) is 18.7 Å². The van der Waals surface area contributed by atoms with Crippen LogP contribution in [0.4, 0.5) is 0 Å². The van der Waals surface area contributed by atoms with Crippen LogP contribution in [0.25, 0.3) is 0 Å². The molecule has 0 saturated heterocycles. The molecular weight excluding hydrogens is 240 g/mol. The van der Waals surface area contributed by atoms with E-state index in [2.05, 4.69) is 5.32 Å². The van der Waals surface area contributed by atoms with Crippen LogP contribution < -0.4 is 10.1 Å². The Morgan fingerprint density at radius 2 is 2.00 bits per heavy atom. The van der Waals surface area contributed by atoms with Gasteiger partial charge in [0.15, 0.2) is 0 Å². The lowest BCUT2D eigenvalue weighted by atomic mass is 9.88. The number of amides is 1.